The fraction of sp³-hybridized carbons (Fsp3) is 0.304. The van der Waals surface area contributed by atoms with E-state index in [2.05, 4.69) is 17.2 Å². The van der Waals surface area contributed by atoms with Crippen LogP contribution >= 0.6 is 23.2 Å². The molecule has 0 aliphatic carbocycles. The van der Waals surface area contributed by atoms with Crippen molar-refractivity contribution in [3.05, 3.63) is 64.5 Å². The Hall–Kier alpha value is -3.01. The second-order valence-electron chi connectivity index (χ2n) is 7.45. The zero-order chi connectivity index (χ0) is 24.7. The molecule has 1 heterocycles. The van der Waals surface area contributed by atoms with E-state index >= 15 is 0 Å². The molecule has 0 fully saturated rings. The number of anilines is 1. The molecule has 2 amide bonds. The highest BCUT2D eigenvalue weighted by Crippen LogP contribution is 2.35. The van der Waals surface area contributed by atoms with E-state index in [0.717, 1.165) is 6.07 Å². The number of carbonyl (C=O) groups excluding carboxylic acids is 2. The summed E-state index contributed by atoms with van der Waals surface area (Å²) >= 11 is 11.7. The lowest BCUT2D eigenvalue weighted by Gasteiger charge is -2.35. The summed E-state index contributed by atoms with van der Waals surface area (Å²) in [6.45, 7) is 4.13. The number of β-amino-alcohol motifs (C(OH)–C–C–N with tert-alkyl or cyclic N) is 1. The molecule has 8 nitrogen and oxygen atoms in total. The SMILES string of the molecule is C=C(CCNC(=O)C1CN(CCO)c2cc(Cl)ccc2O1)NC(=O)COc1ccc(Cl)c(F)c1. The summed E-state index contributed by atoms with van der Waals surface area (Å²) in [7, 11) is 0. The third-order valence-corrected chi connectivity index (χ3v) is 5.42. The number of hydrogen-bond acceptors (Lipinski definition) is 6. The Balaban J connectivity index is 1.42. The number of aliphatic hydroxyl groups excluding tert-OH is 1. The molecule has 2 aromatic rings. The van der Waals surface area contributed by atoms with Crippen LogP contribution in [0, 0.1) is 5.82 Å². The lowest BCUT2D eigenvalue weighted by atomic mass is 10.1. The van der Waals surface area contributed by atoms with Crippen molar-refractivity contribution in [2.24, 2.45) is 0 Å². The predicted molar refractivity (Wildman–Crippen MR) is 127 cm³/mol. The number of amides is 2. The molecule has 0 radical (unpaired) electrons. The Bertz CT molecular complexity index is 1070. The van der Waals surface area contributed by atoms with Crippen molar-refractivity contribution in [1.82, 2.24) is 10.6 Å². The van der Waals surface area contributed by atoms with Gasteiger partial charge in [0.05, 0.1) is 23.9 Å². The molecule has 1 aliphatic rings. The van der Waals surface area contributed by atoms with E-state index in [1.807, 2.05) is 4.90 Å². The molecule has 11 heteroatoms. The number of carbonyl (C=O) groups is 2. The Morgan fingerprint density at radius 3 is 2.79 bits per heavy atom. The second kappa shape index (κ2) is 11.9. The Labute approximate surface area is 206 Å². The van der Waals surface area contributed by atoms with Gasteiger partial charge in [-0.3, -0.25) is 9.59 Å². The topological polar surface area (TPSA) is 100 Å². The van der Waals surface area contributed by atoms with Gasteiger partial charge in [0.1, 0.15) is 17.3 Å². The molecule has 1 aliphatic heterocycles. The summed E-state index contributed by atoms with van der Waals surface area (Å²) in [6.07, 6.45) is -0.497. The van der Waals surface area contributed by atoms with Crippen LogP contribution in [0.3, 0.4) is 0 Å². The highest BCUT2D eigenvalue weighted by Gasteiger charge is 2.30. The van der Waals surface area contributed by atoms with Crippen molar-refractivity contribution in [2.75, 3.05) is 37.7 Å². The molecular formula is C23H24Cl2FN3O5. The first-order valence-electron chi connectivity index (χ1n) is 10.4. The number of aliphatic hydroxyl groups is 1. The first-order valence-corrected chi connectivity index (χ1v) is 11.2. The van der Waals surface area contributed by atoms with Gasteiger partial charge in [-0.05, 0) is 30.3 Å². The van der Waals surface area contributed by atoms with Crippen molar-refractivity contribution in [2.45, 2.75) is 12.5 Å². The summed E-state index contributed by atoms with van der Waals surface area (Å²) in [4.78, 5) is 26.4. The van der Waals surface area contributed by atoms with Gasteiger partial charge in [-0.15, -0.1) is 0 Å². The molecule has 182 valence electrons. The van der Waals surface area contributed by atoms with E-state index < -0.39 is 17.8 Å². The first-order chi connectivity index (χ1) is 16.3. The number of fused-ring (bicyclic) bond motifs is 1. The number of benzene rings is 2. The number of halogens is 3. The average molecular weight is 512 g/mol. The molecule has 0 saturated carbocycles. The van der Waals surface area contributed by atoms with E-state index in [0.29, 0.717) is 28.7 Å². The van der Waals surface area contributed by atoms with Crippen LogP contribution in [-0.2, 0) is 9.59 Å². The van der Waals surface area contributed by atoms with Gasteiger partial charge in [0.15, 0.2) is 12.7 Å². The van der Waals surface area contributed by atoms with Gasteiger partial charge in [0.25, 0.3) is 11.8 Å². The number of nitrogens with one attached hydrogen (secondary N) is 2. The fourth-order valence-corrected chi connectivity index (χ4v) is 3.54. The van der Waals surface area contributed by atoms with Crippen LogP contribution in [0.1, 0.15) is 6.42 Å². The molecule has 3 rings (SSSR count). The highest BCUT2D eigenvalue weighted by molar-refractivity contribution is 6.31. The summed E-state index contributed by atoms with van der Waals surface area (Å²) < 4.78 is 24.4. The van der Waals surface area contributed by atoms with Crippen LogP contribution < -0.4 is 25.0 Å². The second-order valence-corrected chi connectivity index (χ2v) is 8.29. The summed E-state index contributed by atoms with van der Waals surface area (Å²) in [5.74, 6) is -0.788. The normalized spacial score (nSPS) is 14.6. The van der Waals surface area contributed by atoms with Gasteiger partial charge < -0.3 is 30.1 Å². The summed E-state index contributed by atoms with van der Waals surface area (Å²) in [5.41, 5.74) is 1.09. The van der Waals surface area contributed by atoms with Crippen molar-refractivity contribution >= 4 is 40.7 Å². The summed E-state index contributed by atoms with van der Waals surface area (Å²) in [6, 6.07) is 8.93. The number of rotatable bonds is 10. The minimum atomic E-state index is -0.781. The van der Waals surface area contributed by atoms with Gasteiger partial charge in [-0.2, -0.15) is 0 Å². The van der Waals surface area contributed by atoms with Crippen LogP contribution in [0.5, 0.6) is 11.5 Å². The minimum Gasteiger partial charge on any atom is -0.484 e. The van der Waals surface area contributed by atoms with E-state index in [1.165, 1.54) is 12.1 Å². The van der Waals surface area contributed by atoms with Gasteiger partial charge in [-0.25, -0.2) is 4.39 Å². The number of hydrogen-bond donors (Lipinski definition) is 3. The Morgan fingerprint density at radius 2 is 2.06 bits per heavy atom. The molecule has 2 aromatic carbocycles. The maximum Gasteiger partial charge on any atom is 0.262 e. The quantitative estimate of drug-likeness (QED) is 0.453. The third-order valence-electron chi connectivity index (χ3n) is 4.88. The van der Waals surface area contributed by atoms with Crippen LogP contribution in [0.15, 0.2) is 48.7 Å². The Morgan fingerprint density at radius 1 is 1.26 bits per heavy atom. The van der Waals surface area contributed by atoms with Gasteiger partial charge in [0.2, 0.25) is 0 Å². The van der Waals surface area contributed by atoms with Crippen LogP contribution in [0.4, 0.5) is 10.1 Å². The van der Waals surface area contributed by atoms with E-state index in [1.54, 1.807) is 18.2 Å². The minimum absolute atomic E-state index is 0.0411. The first kappa shape index (κ1) is 25.6. The Kier molecular flexibility index (Phi) is 8.98. The van der Waals surface area contributed by atoms with Crippen molar-refractivity contribution in [3.8, 4) is 11.5 Å². The molecule has 3 N–H and O–H groups in total. The average Bonchev–Trinajstić information content (AvgIpc) is 2.80. The lowest BCUT2D eigenvalue weighted by Crippen LogP contribution is -2.49. The standard InChI is InChI=1S/C23H24Cl2FN3O5/c1-14(28-22(31)13-33-16-3-4-17(25)18(26)11-16)6-7-27-23(32)21-12-29(8-9-30)19-10-15(24)2-5-20(19)34-21/h2-5,10-11,21,30H,1,6-9,12-13H2,(H,27,32)(H,28,31). The lowest BCUT2D eigenvalue weighted by molar-refractivity contribution is -0.127. The highest BCUT2D eigenvalue weighted by atomic mass is 35.5. The molecular weight excluding hydrogens is 488 g/mol. The van der Waals surface area contributed by atoms with Crippen molar-refractivity contribution < 1.29 is 28.6 Å². The zero-order valence-electron chi connectivity index (χ0n) is 18.2. The largest absolute Gasteiger partial charge is 0.484 e. The maximum absolute atomic E-state index is 13.4. The predicted octanol–water partition coefficient (Wildman–Crippen LogP) is 2.91. The van der Waals surface area contributed by atoms with Gasteiger partial charge >= 0.3 is 0 Å². The smallest absolute Gasteiger partial charge is 0.262 e. The van der Waals surface area contributed by atoms with E-state index in [-0.39, 0.29) is 49.4 Å². The maximum atomic E-state index is 13.4. The van der Waals surface area contributed by atoms with Crippen molar-refractivity contribution in [1.29, 1.82) is 0 Å². The van der Waals surface area contributed by atoms with E-state index in [9.17, 15) is 19.1 Å². The monoisotopic (exact) mass is 511 g/mol. The molecule has 0 spiro atoms. The third kappa shape index (κ3) is 6.99. The molecule has 1 unspecified atom stereocenters. The molecule has 0 saturated heterocycles. The molecule has 34 heavy (non-hydrogen) atoms. The van der Waals surface area contributed by atoms with Gasteiger partial charge in [0, 0.05) is 36.3 Å². The van der Waals surface area contributed by atoms with Gasteiger partial charge in [-0.1, -0.05) is 29.8 Å². The van der Waals surface area contributed by atoms with Crippen LogP contribution in [-0.4, -0.2) is 55.9 Å². The fourth-order valence-electron chi connectivity index (χ4n) is 3.26. The molecule has 0 bridgehead atoms. The summed E-state index contributed by atoms with van der Waals surface area (Å²) in [5, 5.41) is 15.2. The molecule has 0 aromatic heterocycles. The number of ether oxygens (including phenoxy) is 2. The van der Waals surface area contributed by atoms with Crippen LogP contribution in [0.2, 0.25) is 10.0 Å². The number of nitrogens with zero attached hydrogens (tertiary/aromatic N) is 1. The zero-order valence-corrected chi connectivity index (χ0v) is 19.7. The van der Waals surface area contributed by atoms with E-state index in [4.69, 9.17) is 32.7 Å². The van der Waals surface area contributed by atoms with Crippen LogP contribution in [0.25, 0.3) is 0 Å². The van der Waals surface area contributed by atoms with Crippen molar-refractivity contribution in [3.63, 3.8) is 0 Å². The molecule has 1 atom stereocenters.